The van der Waals surface area contributed by atoms with E-state index in [4.69, 9.17) is 8.94 Å². The number of fused-ring (bicyclic) bond motifs is 6. The van der Waals surface area contributed by atoms with E-state index in [0.717, 1.165) is 22.8 Å². The summed E-state index contributed by atoms with van der Waals surface area (Å²) in [6.45, 7) is 1.87. The molecule has 6 rings (SSSR count). The summed E-state index contributed by atoms with van der Waals surface area (Å²) in [5, 5.41) is 7.85. The van der Waals surface area contributed by atoms with Gasteiger partial charge in [-0.05, 0) is 30.3 Å². The Morgan fingerprint density at radius 1 is 1.11 bits per heavy atom. The number of hydrogen-bond donors (Lipinski definition) is 0. The number of hydrazine groups is 1. The molecule has 9 nitrogen and oxygen atoms in total. The van der Waals surface area contributed by atoms with Gasteiger partial charge in [-0.15, -0.1) is 0 Å². The Morgan fingerprint density at radius 2 is 2.04 bits per heavy atom. The van der Waals surface area contributed by atoms with Crippen LogP contribution in [0.5, 0.6) is 0 Å². The molecular weight excluding hydrogens is 346 g/mol. The molecule has 0 radical (unpaired) electrons. The zero-order valence-corrected chi connectivity index (χ0v) is 14.2. The third kappa shape index (κ3) is 1.93. The van der Waals surface area contributed by atoms with Gasteiger partial charge in [0.05, 0.1) is 11.9 Å². The molecule has 2 aliphatic heterocycles. The lowest BCUT2D eigenvalue weighted by atomic mass is 10.1. The Bertz CT molecular complexity index is 1190. The van der Waals surface area contributed by atoms with Gasteiger partial charge in [-0.3, -0.25) is 4.57 Å². The molecular formula is C18H13N7O2. The Morgan fingerprint density at radius 3 is 2.93 bits per heavy atom. The largest absolute Gasteiger partial charge is 0.456 e. The first-order valence-electron chi connectivity index (χ1n) is 8.43. The Hall–Kier alpha value is -3.88. The van der Waals surface area contributed by atoms with Crippen LogP contribution in [0.4, 0.5) is 11.8 Å². The molecule has 132 valence electrons. The second-order valence-corrected chi connectivity index (χ2v) is 6.32. The average molecular weight is 359 g/mol. The van der Waals surface area contributed by atoms with E-state index in [9.17, 15) is 0 Å². The number of aliphatic imine (C=N–C) groups is 1. The summed E-state index contributed by atoms with van der Waals surface area (Å²) >= 11 is 0. The van der Waals surface area contributed by atoms with Crippen molar-refractivity contribution in [2.75, 3.05) is 10.0 Å². The van der Waals surface area contributed by atoms with Crippen LogP contribution in [0.15, 0.2) is 62.9 Å². The van der Waals surface area contributed by atoms with Gasteiger partial charge in [0.2, 0.25) is 0 Å². The van der Waals surface area contributed by atoms with E-state index in [1.54, 1.807) is 29.9 Å². The molecule has 0 aliphatic carbocycles. The molecule has 2 aliphatic rings. The first-order valence-corrected chi connectivity index (χ1v) is 8.43. The van der Waals surface area contributed by atoms with Gasteiger partial charge in [-0.25, -0.2) is 20.0 Å². The predicted octanol–water partition coefficient (Wildman–Crippen LogP) is 3.11. The lowest BCUT2D eigenvalue weighted by molar-refractivity contribution is 0.412. The van der Waals surface area contributed by atoms with Crippen molar-refractivity contribution in [1.29, 1.82) is 0 Å². The number of imidazole rings is 1. The van der Waals surface area contributed by atoms with Crippen molar-refractivity contribution in [3.8, 4) is 17.3 Å². The molecule has 0 fully saturated rings. The van der Waals surface area contributed by atoms with Crippen molar-refractivity contribution in [3.05, 3.63) is 60.2 Å². The van der Waals surface area contributed by atoms with Crippen LogP contribution in [0, 0.1) is 6.92 Å². The van der Waals surface area contributed by atoms with Crippen molar-refractivity contribution < 1.29 is 8.94 Å². The minimum absolute atomic E-state index is 0.210. The third-order valence-electron chi connectivity index (χ3n) is 4.68. The van der Waals surface area contributed by atoms with Crippen LogP contribution < -0.4 is 10.0 Å². The second-order valence-electron chi connectivity index (χ2n) is 6.32. The lowest BCUT2D eigenvalue weighted by Gasteiger charge is -2.35. The van der Waals surface area contributed by atoms with Crippen LogP contribution in [0.1, 0.15) is 17.5 Å². The van der Waals surface area contributed by atoms with Crippen molar-refractivity contribution in [2.45, 2.75) is 13.1 Å². The molecule has 0 saturated heterocycles. The molecule has 27 heavy (non-hydrogen) atoms. The van der Waals surface area contributed by atoms with Crippen LogP contribution in [0.2, 0.25) is 0 Å². The van der Waals surface area contributed by atoms with E-state index in [2.05, 4.69) is 32.2 Å². The van der Waals surface area contributed by atoms with Crippen LogP contribution in [0.25, 0.3) is 17.3 Å². The van der Waals surface area contributed by atoms with E-state index in [1.165, 1.54) is 0 Å². The summed E-state index contributed by atoms with van der Waals surface area (Å²) in [6.07, 6.45) is 5.07. The number of para-hydroxylation sites is 1. The highest BCUT2D eigenvalue weighted by Gasteiger charge is 2.39. The molecule has 1 aromatic carbocycles. The van der Waals surface area contributed by atoms with E-state index in [-0.39, 0.29) is 6.17 Å². The van der Waals surface area contributed by atoms with E-state index in [1.807, 2.05) is 34.7 Å². The standard InChI is InChI=1S/C18H13N7O2/c1-11-6-7-14(26-11)17-21-18(22-27-17)24-10-20-16-12-4-2-3-5-13(12)23-9-19-8-15(23)25(16)24/h2-10,16H,1H3. The normalized spacial score (nSPS) is 17.1. The number of aryl methyl sites for hydroxylation is 1. The fourth-order valence-electron chi connectivity index (χ4n) is 3.49. The van der Waals surface area contributed by atoms with Crippen molar-refractivity contribution in [3.63, 3.8) is 0 Å². The maximum absolute atomic E-state index is 5.57. The summed E-state index contributed by atoms with van der Waals surface area (Å²) < 4.78 is 13.0. The number of furan rings is 1. The monoisotopic (exact) mass is 359 g/mol. The first-order chi connectivity index (χ1) is 13.3. The van der Waals surface area contributed by atoms with Gasteiger partial charge >= 0.3 is 0 Å². The second kappa shape index (κ2) is 5.07. The van der Waals surface area contributed by atoms with Gasteiger partial charge in [0.1, 0.15) is 18.4 Å². The quantitative estimate of drug-likeness (QED) is 0.543. The molecule has 1 unspecified atom stereocenters. The Balaban J connectivity index is 1.44. The third-order valence-corrected chi connectivity index (χ3v) is 4.68. The smallest absolute Gasteiger partial charge is 0.295 e. The zero-order valence-electron chi connectivity index (χ0n) is 14.2. The van der Waals surface area contributed by atoms with Gasteiger partial charge in [0, 0.05) is 5.56 Å². The molecule has 5 heterocycles. The number of benzene rings is 1. The molecule has 9 heteroatoms. The number of rotatable bonds is 2. The number of hydrogen-bond acceptors (Lipinski definition) is 8. The van der Waals surface area contributed by atoms with Crippen LogP contribution in [-0.2, 0) is 0 Å². The molecule has 0 spiro atoms. The highest BCUT2D eigenvalue weighted by atomic mass is 16.5. The Labute approximate surface area is 153 Å². The first kappa shape index (κ1) is 14.3. The highest BCUT2D eigenvalue weighted by molar-refractivity contribution is 5.85. The average Bonchev–Trinajstić information content (AvgIpc) is 3.45. The van der Waals surface area contributed by atoms with Crippen LogP contribution >= 0.6 is 0 Å². The van der Waals surface area contributed by atoms with Gasteiger partial charge in [-0.2, -0.15) is 4.98 Å². The number of nitrogens with zero attached hydrogens (tertiary/aromatic N) is 7. The molecule has 3 aromatic heterocycles. The Kier molecular flexibility index (Phi) is 2.69. The topological polar surface area (TPSA) is 88.7 Å². The summed E-state index contributed by atoms with van der Waals surface area (Å²) in [7, 11) is 0. The van der Waals surface area contributed by atoms with E-state index >= 15 is 0 Å². The summed E-state index contributed by atoms with van der Waals surface area (Å²) in [5.41, 5.74) is 2.14. The molecule has 1 atom stereocenters. The SMILES string of the molecule is Cc1ccc(-c2nc(N3C=NC4c5ccccc5-n5cncc5N43)no2)o1. The zero-order chi connectivity index (χ0) is 18.0. The summed E-state index contributed by atoms with van der Waals surface area (Å²) in [6, 6.07) is 11.8. The molecule has 0 saturated carbocycles. The van der Waals surface area contributed by atoms with Gasteiger partial charge in [-0.1, -0.05) is 18.2 Å². The lowest BCUT2D eigenvalue weighted by Crippen LogP contribution is -2.43. The van der Waals surface area contributed by atoms with Gasteiger partial charge in [0.15, 0.2) is 17.7 Å². The van der Waals surface area contributed by atoms with Crippen molar-refractivity contribution in [1.82, 2.24) is 19.7 Å². The molecule has 0 N–H and O–H groups in total. The number of aromatic nitrogens is 4. The van der Waals surface area contributed by atoms with E-state index < -0.39 is 0 Å². The molecule has 0 bridgehead atoms. The molecule has 4 aromatic rings. The van der Waals surface area contributed by atoms with E-state index in [0.29, 0.717) is 17.6 Å². The van der Waals surface area contributed by atoms with Crippen molar-refractivity contribution >= 4 is 18.1 Å². The summed E-state index contributed by atoms with van der Waals surface area (Å²) in [5.74, 6) is 2.88. The molecule has 0 amide bonds. The fourth-order valence-corrected chi connectivity index (χ4v) is 3.49. The highest BCUT2D eigenvalue weighted by Crippen LogP contribution is 2.42. The minimum Gasteiger partial charge on any atom is -0.456 e. The number of anilines is 2. The fraction of sp³-hybridized carbons (Fsp3) is 0.111. The predicted molar refractivity (Wildman–Crippen MR) is 96.5 cm³/mol. The van der Waals surface area contributed by atoms with Gasteiger partial charge < -0.3 is 8.94 Å². The van der Waals surface area contributed by atoms with Crippen molar-refractivity contribution in [2.24, 2.45) is 4.99 Å². The minimum atomic E-state index is -0.210. The van der Waals surface area contributed by atoms with Crippen LogP contribution in [-0.4, -0.2) is 26.0 Å². The van der Waals surface area contributed by atoms with Gasteiger partial charge in [0.25, 0.3) is 11.8 Å². The summed E-state index contributed by atoms with van der Waals surface area (Å²) in [4.78, 5) is 13.4. The maximum atomic E-state index is 5.57. The maximum Gasteiger partial charge on any atom is 0.295 e. The van der Waals surface area contributed by atoms with Crippen LogP contribution in [0.3, 0.4) is 0 Å².